The van der Waals surface area contributed by atoms with Gasteiger partial charge in [-0.15, -0.1) is 0 Å². The lowest BCUT2D eigenvalue weighted by Gasteiger charge is -2.37. The van der Waals surface area contributed by atoms with Crippen LogP contribution in [0.4, 0.5) is 0 Å². The van der Waals surface area contributed by atoms with E-state index in [1.54, 1.807) is 0 Å². The Bertz CT molecular complexity index is 798. The molecule has 3 fully saturated rings. The van der Waals surface area contributed by atoms with E-state index in [2.05, 4.69) is 6.07 Å². The van der Waals surface area contributed by atoms with E-state index in [1.165, 1.54) is 0 Å². The summed E-state index contributed by atoms with van der Waals surface area (Å²) in [4.78, 5) is 42.5. The maximum atomic E-state index is 13.4. The van der Waals surface area contributed by atoms with E-state index in [1.807, 2.05) is 35.8 Å². The second kappa shape index (κ2) is 8.29. The van der Waals surface area contributed by atoms with Crippen LogP contribution in [0.25, 0.3) is 0 Å². The Hall–Kier alpha value is -2.17. The van der Waals surface area contributed by atoms with Crippen LogP contribution in [0.5, 0.6) is 0 Å². The summed E-state index contributed by atoms with van der Waals surface area (Å²) in [6.07, 6.45) is 6.17. The molecule has 3 aliphatic rings. The molecule has 5 nitrogen and oxygen atoms in total. The van der Waals surface area contributed by atoms with Crippen molar-refractivity contribution in [3.05, 3.63) is 34.9 Å². The molecule has 1 aromatic carbocycles. The van der Waals surface area contributed by atoms with Crippen LogP contribution >= 0.6 is 0 Å². The van der Waals surface area contributed by atoms with Crippen molar-refractivity contribution in [1.29, 1.82) is 0 Å². The largest absolute Gasteiger partial charge is 0.339 e. The van der Waals surface area contributed by atoms with Gasteiger partial charge in [0.25, 0.3) is 5.91 Å². The number of rotatable bonds is 3. The monoisotopic (exact) mass is 396 g/mol. The van der Waals surface area contributed by atoms with Crippen LogP contribution in [0, 0.1) is 25.7 Å². The number of nitrogens with zero attached hydrogens (tertiary/aromatic N) is 2. The standard InChI is InChI=1S/C24H32N2O3/c1-16-12-17(2)14-19(13-16)23(28)25-10-4-6-18(15-25)24(29)26-11-5-8-21(26)20-7-3-9-22(20)27/h12-14,18,20-21H,3-11,15H2,1-2H3/t18-,20+,21-/m0/s1. The highest BCUT2D eigenvalue weighted by Crippen LogP contribution is 2.35. The lowest BCUT2D eigenvalue weighted by molar-refractivity contribution is -0.139. The minimum absolute atomic E-state index is 0.0262. The Morgan fingerprint density at radius 2 is 1.66 bits per heavy atom. The zero-order valence-corrected chi connectivity index (χ0v) is 17.7. The highest BCUT2D eigenvalue weighted by atomic mass is 16.2. The lowest BCUT2D eigenvalue weighted by Crippen LogP contribution is -2.49. The molecule has 2 aliphatic heterocycles. The van der Waals surface area contributed by atoms with Crippen LogP contribution in [0.3, 0.4) is 0 Å². The van der Waals surface area contributed by atoms with Gasteiger partial charge in [-0.1, -0.05) is 17.2 Å². The van der Waals surface area contributed by atoms with Crippen molar-refractivity contribution in [3.63, 3.8) is 0 Å². The van der Waals surface area contributed by atoms with Crippen molar-refractivity contribution in [2.75, 3.05) is 19.6 Å². The van der Waals surface area contributed by atoms with Gasteiger partial charge < -0.3 is 9.80 Å². The molecular formula is C24H32N2O3. The van der Waals surface area contributed by atoms with Crippen LogP contribution in [0.1, 0.15) is 66.4 Å². The summed E-state index contributed by atoms with van der Waals surface area (Å²) in [6.45, 7) is 5.97. The fraction of sp³-hybridized carbons (Fsp3) is 0.625. The summed E-state index contributed by atoms with van der Waals surface area (Å²) in [5, 5.41) is 0. The number of ketones is 1. The Kier molecular flexibility index (Phi) is 5.75. The molecule has 2 saturated heterocycles. The van der Waals surface area contributed by atoms with Crippen LogP contribution in [0.2, 0.25) is 0 Å². The second-order valence-electron chi connectivity index (χ2n) is 9.17. The number of likely N-dealkylation sites (tertiary alicyclic amines) is 2. The maximum Gasteiger partial charge on any atom is 0.253 e. The van der Waals surface area contributed by atoms with Gasteiger partial charge in [-0.25, -0.2) is 0 Å². The van der Waals surface area contributed by atoms with Crippen LogP contribution in [-0.2, 0) is 9.59 Å². The van der Waals surface area contributed by atoms with Gasteiger partial charge >= 0.3 is 0 Å². The predicted octanol–water partition coefficient (Wildman–Crippen LogP) is 3.52. The van der Waals surface area contributed by atoms with E-state index < -0.39 is 0 Å². The lowest BCUT2D eigenvalue weighted by atomic mass is 9.92. The number of amides is 2. The van der Waals surface area contributed by atoms with Gasteiger partial charge in [-0.05, 0) is 64.5 Å². The summed E-state index contributed by atoms with van der Waals surface area (Å²) >= 11 is 0. The number of piperidine rings is 1. The van der Waals surface area contributed by atoms with Gasteiger partial charge in [0, 0.05) is 43.6 Å². The van der Waals surface area contributed by atoms with Gasteiger partial charge in [0.15, 0.2) is 0 Å². The fourth-order valence-electron chi connectivity index (χ4n) is 5.61. The molecule has 0 radical (unpaired) electrons. The average Bonchev–Trinajstić information content (AvgIpc) is 3.34. The molecule has 5 heteroatoms. The van der Waals surface area contributed by atoms with Gasteiger partial charge in [0.2, 0.25) is 5.91 Å². The number of hydrogen-bond acceptors (Lipinski definition) is 3. The molecule has 0 spiro atoms. The fourth-order valence-corrected chi connectivity index (χ4v) is 5.61. The molecule has 29 heavy (non-hydrogen) atoms. The molecule has 1 saturated carbocycles. The van der Waals surface area contributed by atoms with Crippen molar-refractivity contribution in [2.24, 2.45) is 11.8 Å². The SMILES string of the molecule is Cc1cc(C)cc(C(=O)N2CCC[C@H](C(=O)N3CCC[C@H]3[C@H]3CCCC3=O)C2)c1. The first-order chi connectivity index (χ1) is 13.9. The summed E-state index contributed by atoms with van der Waals surface area (Å²) < 4.78 is 0. The van der Waals surface area contributed by atoms with E-state index in [4.69, 9.17) is 0 Å². The maximum absolute atomic E-state index is 13.4. The Morgan fingerprint density at radius 1 is 0.931 bits per heavy atom. The summed E-state index contributed by atoms with van der Waals surface area (Å²) in [6, 6.07) is 6.02. The average molecular weight is 397 g/mol. The molecular weight excluding hydrogens is 364 g/mol. The van der Waals surface area contributed by atoms with Crippen molar-refractivity contribution in [2.45, 2.75) is 64.8 Å². The van der Waals surface area contributed by atoms with E-state index in [0.717, 1.165) is 56.2 Å². The summed E-state index contributed by atoms with van der Waals surface area (Å²) in [5.74, 6) is 0.419. The van der Waals surface area contributed by atoms with Gasteiger partial charge in [0.05, 0.1) is 5.92 Å². The number of benzene rings is 1. The first kappa shape index (κ1) is 20.1. The third kappa shape index (κ3) is 4.10. The number of aryl methyl sites for hydroxylation is 2. The molecule has 156 valence electrons. The summed E-state index contributed by atoms with van der Waals surface area (Å²) in [5.41, 5.74) is 2.88. The van der Waals surface area contributed by atoms with E-state index >= 15 is 0 Å². The minimum atomic E-state index is -0.143. The molecule has 2 amide bonds. The second-order valence-corrected chi connectivity index (χ2v) is 9.17. The van der Waals surface area contributed by atoms with E-state index in [-0.39, 0.29) is 29.7 Å². The molecule has 0 unspecified atom stereocenters. The molecule has 1 aromatic rings. The molecule has 0 aromatic heterocycles. The van der Waals surface area contributed by atoms with Crippen molar-refractivity contribution < 1.29 is 14.4 Å². The Morgan fingerprint density at radius 3 is 2.34 bits per heavy atom. The topological polar surface area (TPSA) is 57.7 Å². The highest BCUT2D eigenvalue weighted by molar-refractivity contribution is 5.95. The van der Waals surface area contributed by atoms with Gasteiger partial charge in [0.1, 0.15) is 5.78 Å². The van der Waals surface area contributed by atoms with Crippen LogP contribution in [0.15, 0.2) is 18.2 Å². The number of hydrogen-bond donors (Lipinski definition) is 0. The zero-order valence-electron chi connectivity index (χ0n) is 17.7. The third-order valence-corrected chi connectivity index (χ3v) is 6.93. The quantitative estimate of drug-likeness (QED) is 0.786. The molecule has 2 heterocycles. The molecule has 0 N–H and O–H groups in total. The van der Waals surface area contributed by atoms with Crippen molar-refractivity contribution in [1.82, 2.24) is 9.80 Å². The van der Waals surface area contributed by atoms with Gasteiger partial charge in [-0.2, -0.15) is 0 Å². The smallest absolute Gasteiger partial charge is 0.253 e. The first-order valence-corrected chi connectivity index (χ1v) is 11.1. The zero-order chi connectivity index (χ0) is 20.5. The van der Waals surface area contributed by atoms with Crippen molar-refractivity contribution in [3.8, 4) is 0 Å². The third-order valence-electron chi connectivity index (χ3n) is 6.93. The van der Waals surface area contributed by atoms with E-state index in [9.17, 15) is 14.4 Å². The molecule has 3 atom stereocenters. The summed E-state index contributed by atoms with van der Waals surface area (Å²) in [7, 11) is 0. The van der Waals surface area contributed by atoms with Crippen LogP contribution < -0.4 is 0 Å². The number of carbonyl (C=O) groups is 3. The normalized spacial score (nSPS) is 27.5. The number of Topliss-reactive ketones (excluding diaryl/α,β-unsaturated/α-hetero) is 1. The first-order valence-electron chi connectivity index (χ1n) is 11.1. The van der Waals surface area contributed by atoms with Crippen molar-refractivity contribution >= 4 is 17.6 Å². The molecule has 0 bridgehead atoms. The number of carbonyl (C=O) groups excluding carboxylic acids is 3. The van der Waals surface area contributed by atoms with Crippen LogP contribution in [-0.4, -0.2) is 53.1 Å². The van der Waals surface area contributed by atoms with E-state index in [0.29, 0.717) is 30.9 Å². The molecule has 1 aliphatic carbocycles. The molecule has 4 rings (SSSR count). The predicted molar refractivity (Wildman–Crippen MR) is 112 cm³/mol. The minimum Gasteiger partial charge on any atom is -0.339 e. The highest BCUT2D eigenvalue weighted by Gasteiger charge is 2.42. The van der Waals surface area contributed by atoms with Gasteiger partial charge in [-0.3, -0.25) is 14.4 Å². The Balaban J connectivity index is 1.45. The Labute approximate surface area is 173 Å².